The van der Waals surface area contributed by atoms with Gasteiger partial charge < -0.3 is 5.11 Å². The molecular weight excluding hydrogens is 303 g/mol. The van der Waals surface area contributed by atoms with Gasteiger partial charge in [0.05, 0.1) is 4.47 Å². The number of rotatable bonds is 1. The highest BCUT2D eigenvalue weighted by Crippen LogP contribution is 2.49. The van der Waals surface area contributed by atoms with Crippen LogP contribution >= 0.6 is 27.7 Å². The molecule has 0 aromatic heterocycles. The number of aliphatic hydroxyl groups is 1. The molecule has 1 heterocycles. The van der Waals surface area contributed by atoms with Crippen molar-refractivity contribution >= 4 is 27.7 Å². The normalized spacial score (nSPS) is 28.1. The van der Waals surface area contributed by atoms with Gasteiger partial charge in [-0.3, -0.25) is 0 Å². The summed E-state index contributed by atoms with van der Waals surface area (Å²) >= 11 is 4.86. The minimum atomic E-state index is -1.09. The second-order valence-corrected chi connectivity index (χ2v) is 7.11. The Balaban J connectivity index is 2.53. The van der Waals surface area contributed by atoms with Gasteiger partial charge in [-0.2, -0.15) is 11.8 Å². The smallest absolute Gasteiger partial charge is 0.143 e. The second kappa shape index (κ2) is 4.56. The lowest BCUT2D eigenvalue weighted by Gasteiger charge is -2.46. The maximum atomic E-state index is 14.2. The summed E-state index contributed by atoms with van der Waals surface area (Å²) < 4.78 is 14.6. The van der Waals surface area contributed by atoms with Crippen molar-refractivity contribution in [2.45, 2.75) is 25.9 Å². The van der Waals surface area contributed by atoms with Crippen molar-refractivity contribution in [1.29, 1.82) is 0 Å². The molecule has 1 unspecified atom stereocenters. The molecule has 1 aromatic rings. The first-order valence-electron chi connectivity index (χ1n) is 5.63. The summed E-state index contributed by atoms with van der Waals surface area (Å²) in [6.45, 7) is 4.01. The van der Waals surface area contributed by atoms with Crippen molar-refractivity contribution < 1.29 is 9.50 Å². The Kier molecular flexibility index (Phi) is 3.59. The highest BCUT2D eigenvalue weighted by molar-refractivity contribution is 9.10. The number of hydrogen-bond acceptors (Lipinski definition) is 2. The minimum Gasteiger partial charge on any atom is -0.384 e. The summed E-state index contributed by atoms with van der Waals surface area (Å²) in [6, 6.07) is 5.12. The Bertz CT molecular complexity index is 435. The van der Waals surface area contributed by atoms with E-state index >= 15 is 0 Å². The lowest BCUT2D eigenvalue weighted by molar-refractivity contribution is -0.0604. The van der Waals surface area contributed by atoms with E-state index in [1.807, 2.05) is 13.8 Å². The molecule has 17 heavy (non-hydrogen) atoms. The first kappa shape index (κ1) is 13.4. The Morgan fingerprint density at radius 2 is 2.12 bits per heavy atom. The summed E-state index contributed by atoms with van der Waals surface area (Å²) in [6.07, 6.45) is 0.889. The maximum absolute atomic E-state index is 14.2. The van der Waals surface area contributed by atoms with Crippen LogP contribution in [0.5, 0.6) is 0 Å². The van der Waals surface area contributed by atoms with Crippen molar-refractivity contribution in [3.8, 4) is 0 Å². The Morgan fingerprint density at radius 3 is 2.76 bits per heavy atom. The minimum absolute atomic E-state index is 0.306. The average molecular weight is 319 g/mol. The van der Waals surface area contributed by atoms with Crippen molar-refractivity contribution in [1.82, 2.24) is 0 Å². The fraction of sp³-hybridized carbons (Fsp3) is 0.538. The first-order chi connectivity index (χ1) is 7.88. The lowest BCUT2D eigenvalue weighted by Crippen LogP contribution is -2.47. The molecule has 1 fully saturated rings. The Labute approximate surface area is 114 Å². The average Bonchev–Trinajstić information content (AvgIpc) is 2.26. The molecule has 1 atom stereocenters. The van der Waals surface area contributed by atoms with Crippen LogP contribution in [0.1, 0.15) is 25.8 Å². The topological polar surface area (TPSA) is 20.2 Å². The van der Waals surface area contributed by atoms with Gasteiger partial charge in [-0.15, -0.1) is 0 Å². The highest BCUT2D eigenvalue weighted by Gasteiger charge is 2.48. The summed E-state index contributed by atoms with van der Waals surface area (Å²) in [5, 5.41) is 10.9. The fourth-order valence-corrected chi connectivity index (χ4v) is 4.22. The van der Waals surface area contributed by atoms with Gasteiger partial charge in [0.25, 0.3) is 0 Å². The van der Waals surface area contributed by atoms with Crippen molar-refractivity contribution in [2.75, 3.05) is 11.5 Å². The summed E-state index contributed by atoms with van der Waals surface area (Å²) in [5.41, 5.74) is -0.993. The summed E-state index contributed by atoms with van der Waals surface area (Å²) in [4.78, 5) is 0. The molecule has 0 spiro atoms. The molecule has 1 N–H and O–H groups in total. The molecule has 0 saturated carbocycles. The van der Waals surface area contributed by atoms with Crippen LogP contribution in [0.3, 0.4) is 0 Å². The predicted octanol–water partition coefficient (Wildman–Crippen LogP) is 3.94. The van der Waals surface area contributed by atoms with E-state index in [1.54, 1.807) is 30.0 Å². The van der Waals surface area contributed by atoms with Crippen LogP contribution in [0.25, 0.3) is 0 Å². The van der Waals surface area contributed by atoms with E-state index in [0.717, 1.165) is 12.2 Å². The first-order valence-corrected chi connectivity index (χ1v) is 7.58. The van der Waals surface area contributed by atoms with Gasteiger partial charge in [-0.1, -0.05) is 26.0 Å². The highest BCUT2D eigenvalue weighted by atomic mass is 79.9. The van der Waals surface area contributed by atoms with Crippen LogP contribution in [0.2, 0.25) is 0 Å². The van der Waals surface area contributed by atoms with Gasteiger partial charge in [0.1, 0.15) is 11.4 Å². The van der Waals surface area contributed by atoms with Gasteiger partial charge in [0.15, 0.2) is 0 Å². The van der Waals surface area contributed by atoms with Crippen LogP contribution in [0, 0.1) is 11.2 Å². The zero-order valence-electron chi connectivity index (χ0n) is 9.96. The van der Waals surface area contributed by atoms with Crippen LogP contribution in [0.4, 0.5) is 4.39 Å². The van der Waals surface area contributed by atoms with E-state index in [2.05, 4.69) is 15.9 Å². The van der Waals surface area contributed by atoms with Gasteiger partial charge in [-0.25, -0.2) is 4.39 Å². The van der Waals surface area contributed by atoms with Gasteiger partial charge in [0.2, 0.25) is 0 Å². The molecule has 94 valence electrons. The number of benzene rings is 1. The zero-order chi connectivity index (χ0) is 12.7. The lowest BCUT2D eigenvalue weighted by atomic mass is 9.70. The SMILES string of the molecule is CC1(C)CCSCC1(O)c1cccc(Br)c1F. The molecule has 1 aromatic carbocycles. The number of thioether (sulfide) groups is 1. The zero-order valence-corrected chi connectivity index (χ0v) is 12.4. The van der Waals surface area contributed by atoms with E-state index in [4.69, 9.17) is 0 Å². The molecule has 0 radical (unpaired) electrons. The molecular formula is C13H16BrFOS. The van der Waals surface area contributed by atoms with Crippen molar-refractivity contribution in [3.05, 3.63) is 34.1 Å². The summed E-state index contributed by atoms with van der Waals surface area (Å²) in [7, 11) is 0. The fourth-order valence-electron chi connectivity index (χ4n) is 2.21. The third-order valence-corrected chi connectivity index (χ3v) is 5.43. The largest absolute Gasteiger partial charge is 0.384 e. The molecule has 1 aliphatic rings. The molecule has 4 heteroatoms. The third-order valence-electron chi connectivity index (χ3n) is 3.70. The van der Waals surface area contributed by atoms with E-state index in [-0.39, 0.29) is 11.2 Å². The second-order valence-electron chi connectivity index (χ2n) is 5.15. The number of halogens is 2. The van der Waals surface area contributed by atoms with Crippen LogP contribution in [0.15, 0.2) is 22.7 Å². The molecule has 1 saturated heterocycles. The Morgan fingerprint density at radius 1 is 1.41 bits per heavy atom. The van der Waals surface area contributed by atoms with Crippen molar-refractivity contribution in [3.63, 3.8) is 0 Å². The molecule has 2 rings (SSSR count). The standard InChI is InChI=1S/C13H16BrFOS/c1-12(2)6-7-17-8-13(12,16)9-4-3-5-10(14)11(9)15/h3-5,16H,6-8H2,1-2H3. The van der Waals surface area contributed by atoms with Gasteiger partial charge >= 0.3 is 0 Å². The van der Waals surface area contributed by atoms with Crippen LogP contribution in [-0.4, -0.2) is 16.6 Å². The third kappa shape index (κ3) is 2.15. The van der Waals surface area contributed by atoms with E-state index in [1.165, 1.54) is 0 Å². The van der Waals surface area contributed by atoms with Gasteiger partial charge in [0, 0.05) is 11.3 Å². The predicted molar refractivity (Wildman–Crippen MR) is 73.7 cm³/mol. The van der Waals surface area contributed by atoms with Crippen molar-refractivity contribution in [2.24, 2.45) is 5.41 Å². The van der Waals surface area contributed by atoms with Crippen LogP contribution < -0.4 is 0 Å². The molecule has 0 bridgehead atoms. The van der Waals surface area contributed by atoms with E-state index < -0.39 is 5.60 Å². The maximum Gasteiger partial charge on any atom is 0.143 e. The molecule has 0 amide bonds. The molecule has 1 aliphatic heterocycles. The summed E-state index contributed by atoms with van der Waals surface area (Å²) in [5.74, 6) is 1.23. The quantitative estimate of drug-likeness (QED) is 0.846. The molecule has 0 aliphatic carbocycles. The molecule has 1 nitrogen and oxygen atoms in total. The number of hydrogen-bond donors (Lipinski definition) is 1. The van der Waals surface area contributed by atoms with Crippen LogP contribution in [-0.2, 0) is 5.60 Å². The van der Waals surface area contributed by atoms with Gasteiger partial charge in [-0.05, 0) is 39.6 Å². The Hall–Kier alpha value is -0.0600. The van der Waals surface area contributed by atoms with E-state index in [9.17, 15) is 9.50 Å². The van der Waals surface area contributed by atoms with E-state index in [0.29, 0.717) is 15.8 Å². The monoisotopic (exact) mass is 318 g/mol.